The van der Waals surface area contributed by atoms with Crippen LogP contribution in [0.25, 0.3) is 32.9 Å². The van der Waals surface area contributed by atoms with Gasteiger partial charge in [0.2, 0.25) is 0 Å². The van der Waals surface area contributed by atoms with Gasteiger partial charge in [0.05, 0.1) is 16.8 Å². The van der Waals surface area contributed by atoms with Crippen molar-refractivity contribution in [1.29, 1.82) is 0 Å². The Morgan fingerprint density at radius 2 is 1.74 bits per heavy atom. The molecule has 1 amide bonds. The molecule has 1 atom stereocenters. The number of likely N-dealkylation sites (tertiary alicyclic amines) is 1. The van der Waals surface area contributed by atoms with E-state index in [1.165, 1.54) is 0 Å². The van der Waals surface area contributed by atoms with Crippen LogP contribution in [-0.2, 0) is 9.53 Å². The zero-order valence-electron chi connectivity index (χ0n) is 19.4. The zero-order valence-corrected chi connectivity index (χ0v) is 19.4. The van der Waals surface area contributed by atoms with E-state index in [0.29, 0.717) is 22.2 Å². The molecule has 0 spiro atoms. The largest absolute Gasteiger partial charge is 0.452 e. The second kappa shape index (κ2) is 9.64. The standard InChI is InChI=1S/C29H28N2O3/c1-2-21-12-7-8-17-31(21)28(32)19-34-29(33)25-18-27(30-26-16-6-5-14-24(25)26)23-15-9-11-20-10-3-4-13-22(20)23/h3-6,9-11,13-16,18,21H,2,7-8,12,17,19H2,1H3. The van der Waals surface area contributed by atoms with Gasteiger partial charge in [-0.3, -0.25) is 4.79 Å². The summed E-state index contributed by atoms with van der Waals surface area (Å²) in [5, 5.41) is 2.89. The Bertz CT molecular complexity index is 1360. The highest BCUT2D eigenvalue weighted by atomic mass is 16.5. The van der Waals surface area contributed by atoms with Gasteiger partial charge in [-0.15, -0.1) is 0 Å². The lowest BCUT2D eigenvalue weighted by molar-refractivity contribution is -0.138. The molecule has 1 saturated heterocycles. The molecule has 0 aliphatic carbocycles. The third-order valence-corrected chi connectivity index (χ3v) is 6.75. The average Bonchev–Trinajstić information content (AvgIpc) is 2.90. The van der Waals surface area contributed by atoms with Crippen molar-refractivity contribution in [1.82, 2.24) is 9.88 Å². The number of ether oxygens (including phenoxy) is 1. The average molecular weight is 453 g/mol. The zero-order chi connectivity index (χ0) is 23.5. The number of pyridine rings is 1. The molecule has 4 aromatic rings. The summed E-state index contributed by atoms with van der Waals surface area (Å²) in [6.45, 7) is 2.59. The predicted octanol–water partition coefficient (Wildman–Crippen LogP) is 6.00. The quantitative estimate of drug-likeness (QED) is 0.348. The molecule has 1 aliphatic heterocycles. The number of carbonyl (C=O) groups is 2. The van der Waals surface area contributed by atoms with E-state index >= 15 is 0 Å². The van der Waals surface area contributed by atoms with Crippen molar-refractivity contribution in [3.05, 3.63) is 78.4 Å². The summed E-state index contributed by atoms with van der Waals surface area (Å²) in [6.07, 6.45) is 4.07. The molecule has 5 rings (SSSR count). The molecule has 5 nitrogen and oxygen atoms in total. The first-order valence-electron chi connectivity index (χ1n) is 12.0. The van der Waals surface area contributed by atoms with Crippen LogP contribution in [0.15, 0.2) is 72.8 Å². The fourth-order valence-corrected chi connectivity index (χ4v) is 4.97. The van der Waals surface area contributed by atoms with Gasteiger partial charge in [0, 0.05) is 23.5 Å². The van der Waals surface area contributed by atoms with Crippen LogP contribution < -0.4 is 0 Å². The fourth-order valence-electron chi connectivity index (χ4n) is 4.97. The monoisotopic (exact) mass is 452 g/mol. The Balaban J connectivity index is 1.47. The first-order valence-corrected chi connectivity index (χ1v) is 12.0. The maximum atomic E-state index is 13.2. The van der Waals surface area contributed by atoms with E-state index in [0.717, 1.165) is 48.6 Å². The molecule has 1 aromatic heterocycles. The van der Waals surface area contributed by atoms with Gasteiger partial charge < -0.3 is 9.64 Å². The first kappa shape index (κ1) is 22.1. The van der Waals surface area contributed by atoms with Gasteiger partial charge in [-0.25, -0.2) is 9.78 Å². The summed E-state index contributed by atoms with van der Waals surface area (Å²) in [5.74, 6) is -0.619. The van der Waals surface area contributed by atoms with E-state index in [2.05, 4.69) is 25.1 Å². The lowest BCUT2D eigenvalue weighted by Crippen LogP contribution is -2.45. The summed E-state index contributed by atoms with van der Waals surface area (Å²) >= 11 is 0. The van der Waals surface area contributed by atoms with E-state index in [-0.39, 0.29) is 18.6 Å². The van der Waals surface area contributed by atoms with Crippen LogP contribution in [0, 0.1) is 0 Å². The summed E-state index contributed by atoms with van der Waals surface area (Å²) in [5.41, 5.74) is 2.80. The minimum Gasteiger partial charge on any atom is -0.452 e. The van der Waals surface area contributed by atoms with Gasteiger partial charge in [0.1, 0.15) is 0 Å². The highest BCUT2D eigenvalue weighted by Gasteiger charge is 2.26. The molecular formula is C29H28N2O3. The molecule has 0 N–H and O–H groups in total. The normalized spacial score (nSPS) is 16.0. The summed E-state index contributed by atoms with van der Waals surface area (Å²) in [4.78, 5) is 32.8. The van der Waals surface area contributed by atoms with E-state index < -0.39 is 5.97 Å². The molecule has 34 heavy (non-hydrogen) atoms. The Kier molecular flexibility index (Phi) is 6.26. The van der Waals surface area contributed by atoms with Crippen LogP contribution in [0.1, 0.15) is 43.0 Å². The van der Waals surface area contributed by atoms with Crippen molar-refractivity contribution in [2.24, 2.45) is 0 Å². The Hall–Kier alpha value is -3.73. The van der Waals surface area contributed by atoms with Gasteiger partial charge >= 0.3 is 5.97 Å². The van der Waals surface area contributed by atoms with Crippen molar-refractivity contribution >= 4 is 33.6 Å². The van der Waals surface area contributed by atoms with E-state index in [1.54, 1.807) is 6.07 Å². The topological polar surface area (TPSA) is 59.5 Å². The summed E-state index contributed by atoms with van der Waals surface area (Å²) < 4.78 is 5.56. The van der Waals surface area contributed by atoms with E-state index in [1.807, 2.05) is 53.4 Å². The Labute approximate surface area is 199 Å². The van der Waals surface area contributed by atoms with Crippen molar-refractivity contribution in [2.45, 2.75) is 38.6 Å². The summed E-state index contributed by atoms with van der Waals surface area (Å²) in [6, 6.07) is 23.8. The van der Waals surface area contributed by atoms with Crippen LogP contribution in [0.2, 0.25) is 0 Å². The fraction of sp³-hybridized carbons (Fsp3) is 0.276. The molecule has 0 saturated carbocycles. The van der Waals surface area contributed by atoms with Crippen LogP contribution in [0.4, 0.5) is 0 Å². The van der Waals surface area contributed by atoms with Crippen molar-refractivity contribution in [3.63, 3.8) is 0 Å². The highest BCUT2D eigenvalue weighted by molar-refractivity contribution is 6.06. The molecular weight excluding hydrogens is 424 g/mol. The van der Waals surface area contributed by atoms with Gasteiger partial charge in [-0.1, -0.05) is 67.6 Å². The van der Waals surface area contributed by atoms with Crippen LogP contribution >= 0.6 is 0 Å². The molecule has 1 unspecified atom stereocenters. The second-order valence-corrected chi connectivity index (χ2v) is 8.82. The number of esters is 1. The number of fused-ring (bicyclic) bond motifs is 2. The lowest BCUT2D eigenvalue weighted by atomic mass is 9.99. The number of nitrogens with zero attached hydrogens (tertiary/aromatic N) is 2. The SMILES string of the molecule is CCC1CCCCN1C(=O)COC(=O)c1cc(-c2cccc3ccccc23)nc2ccccc12. The van der Waals surface area contributed by atoms with Crippen LogP contribution in [0.5, 0.6) is 0 Å². The second-order valence-electron chi connectivity index (χ2n) is 8.82. The molecule has 0 radical (unpaired) electrons. The Morgan fingerprint density at radius 3 is 2.59 bits per heavy atom. The molecule has 5 heteroatoms. The van der Waals surface area contributed by atoms with E-state index in [4.69, 9.17) is 9.72 Å². The number of aromatic nitrogens is 1. The minimum atomic E-state index is -0.501. The van der Waals surface area contributed by atoms with Crippen LogP contribution in [-0.4, -0.2) is 41.0 Å². The van der Waals surface area contributed by atoms with Gasteiger partial charge in [0.25, 0.3) is 5.91 Å². The number of hydrogen-bond donors (Lipinski definition) is 0. The number of amides is 1. The minimum absolute atomic E-state index is 0.118. The molecule has 0 bridgehead atoms. The molecule has 3 aromatic carbocycles. The van der Waals surface area contributed by atoms with Crippen LogP contribution in [0.3, 0.4) is 0 Å². The third kappa shape index (κ3) is 4.26. The number of rotatable bonds is 5. The van der Waals surface area contributed by atoms with Gasteiger partial charge in [-0.05, 0) is 48.6 Å². The predicted molar refractivity (Wildman–Crippen MR) is 135 cm³/mol. The maximum Gasteiger partial charge on any atom is 0.339 e. The number of benzene rings is 3. The van der Waals surface area contributed by atoms with Crippen molar-refractivity contribution in [2.75, 3.05) is 13.2 Å². The third-order valence-electron chi connectivity index (χ3n) is 6.75. The maximum absolute atomic E-state index is 13.2. The molecule has 172 valence electrons. The van der Waals surface area contributed by atoms with Gasteiger partial charge in [-0.2, -0.15) is 0 Å². The Morgan fingerprint density at radius 1 is 0.971 bits per heavy atom. The number of para-hydroxylation sites is 1. The lowest BCUT2D eigenvalue weighted by Gasteiger charge is -2.35. The van der Waals surface area contributed by atoms with Gasteiger partial charge in [0.15, 0.2) is 6.61 Å². The number of hydrogen-bond acceptors (Lipinski definition) is 4. The number of carbonyl (C=O) groups excluding carboxylic acids is 2. The molecule has 1 aliphatic rings. The number of piperidine rings is 1. The summed E-state index contributed by atoms with van der Waals surface area (Å²) in [7, 11) is 0. The van der Waals surface area contributed by atoms with E-state index in [9.17, 15) is 9.59 Å². The molecule has 2 heterocycles. The first-order chi connectivity index (χ1) is 16.7. The van der Waals surface area contributed by atoms with Crippen molar-refractivity contribution < 1.29 is 14.3 Å². The smallest absolute Gasteiger partial charge is 0.339 e. The highest BCUT2D eigenvalue weighted by Crippen LogP contribution is 2.31. The molecule has 1 fully saturated rings. The van der Waals surface area contributed by atoms with Crippen molar-refractivity contribution in [3.8, 4) is 11.3 Å².